The minimum absolute atomic E-state index is 0.0826. The Morgan fingerprint density at radius 3 is 2.80 bits per heavy atom. The highest BCUT2D eigenvalue weighted by Crippen LogP contribution is 2.41. The first-order valence-electron chi connectivity index (χ1n) is 7.34. The summed E-state index contributed by atoms with van der Waals surface area (Å²) in [5.41, 5.74) is 0.826. The van der Waals surface area contributed by atoms with Gasteiger partial charge in [0, 0.05) is 24.8 Å². The summed E-state index contributed by atoms with van der Waals surface area (Å²) in [6.45, 7) is 2.25. The molecule has 2 saturated heterocycles. The molecule has 110 valence electrons. The third kappa shape index (κ3) is 3.01. The second-order valence-electron chi connectivity index (χ2n) is 5.90. The van der Waals surface area contributed by atoms with Crippen molar-refractivity contribution in [3.8, 4) is 0 Å². The Labute approximate surface area is 124 Å². The third-order valence-corrected chi connectivity index (χ3v) is 4.81. The molecule has 1 N–H and O–H groups in total. The van der Waals surface area contributed by atoms with E-state index < -0.39 is 6.10 Å². The lowest BCUT2D eigenvalue weighted by Gasteiger charge is -2.44. The van der Waals surface area contributed by atoms with E-state index in [9.17, 15) is 5.11 Å². The van der Waals surface area contributed by atoms with Gasteiger partial charge in [-0.2, -0.15) is 0 Å². The van der Waals surface area contributed by atoms with Gasteiger partial charge in [-0.25, -0.2) is 0 Å². The minimum Gasteiger partial charge on any atom is -0.388 e. The molecule has 0 saturated carbocycles. The van der Waals surface area contributed by atoms with Crippen molar-refractivity contribution >= 4 is 11.6 Å². The van der Waals surface area contributed by atoms with Gasteiger partial charge in [0.25, 0.3) is 0 Å². The van der Waals surface area contributed by atoms with Crippen molar-refractivity contribution in [3.05, 3.63) is 34.9 Å². The fourth-order valence-corrected chi connectivity index (χ4v) is 3.59. The molecule has 2 heterocycles. The Bertz CT molecular complexity index is 451. The first kappa shape index (κ1) is 14.3. The highest BCUT2D eigenvalue weighted by atomic mass is 35.5. The predicted molar refractivity (Wildman–Crippen MR) is 77.9 cm³/mol. The van der Waals surface area contributed by atoms with E-state index in [4.69, 9.17) is 21.1 Å². The van der Waals surface area contributed by atoms with Crippen LogP contribution in [0.3, 0.4) is 0 Å². The summed E-state index contributed by atoms with van der Waals surface area (Å²) >= 11 is 6.02. The predicted octanol–water partition coefficient (Wildman–Crippen LogP) is 3.35. The van der Waals surface area contributed by atoms with Crippen LogP contribution in [-0.2, 0) is 9.47 Å². The first-order valence-corrected chi connectivity index (χ1v) is 7.72. The molecule has 3 rings (SSSR count). The molecule has 3 nitrogen and oxygen atoms in total. The summed E-state index contributed by atoms with van der Waals surface area (Å²) in [7, 11) is 0. The van der Waals surface area contributed by atoms with Crippen molar-refractivity contribution in [2.24, 2.45) is 5.92 Å². The zero-order valence-electron chi connectivity index (χ0n) is 11.6. The molecule has 2 fully saturated rings. The Hall–Kier alpha value is -0.610. The van der Waals surface area contributed by atoms with Gasteiger partial charge < -0.3 is 14.6 Å². The van der Waals surface area contributed by atoms with Crippen LogP contribution in [0.25, 0.3) is 0 Å². The molecule has 20 heavy (non-hydrogen) atoms. The van der Waals surface area contributed by atoms with Crippen LogP contribution in [-0.4, -0.2) is 30.5 Å². The number of hydrogen-bond donors (Lipinski definition) is 1. The Morgan fingerprint density at radius 2 is 2.05 bits per heavy atom. The van der Waals surface area contributed by atoms with E-state index in [-0.39, 0.29) is 11.5 Å². The van der Waals surface area contributed by atoms with Crippen LogP contribution in [0.15, 0.2) is 24.3 Å². The van der Waals surface area contributed by atoms with Gasteiger partial charge in [0.15, 0.2) is 0 Å². The van der Waals surface area contributed by atoms with Crippen LogP contribution in [0.5, 0.6) is 0 Å². The number of halogens is 1. The zero-order chi connectivity index (χ0) is 14.0. The first-order chi connectivity index (χ1) is 9.69. The second-order valence-corrected chi connectivity index (χ2v) is 6.33. The molecule has 4 heteroatoms. The van der Waals surface area contributed by atoms with Gasteiger partial charge in [-0.3, -0.25) is 0 Å². The van der Waals surface area contributed by atoms with Crippen LogP contribution in [0, 0.1) is 5.92 Å². The van der Waals surface area contributed by atoms with E-state index in [1.54, 1.807) is 0 Å². The minimum atomic E-state index is -0.461. The molecule has 2 atom stereocenters. The molecule has 2 aliphatic heterocycles. The number of benzene rings is 1. The van der Waals surface area contributed by atoms with E-state index >= 15 is 0 Å². The summed E-state index contributed by atoms with van der Waals surface area (Å²) in [5, 5.41) is 11.3. The number of aliphatic hydroxyl groups is 1. The lowest BCUT2D eigenvalue weighted by molar-refractivity contribution is -0.159. The maximum atomic E-state index is 10.6. The van der Waals surface area contributed by atoms with Crippen molar-refractivity contribution in [2.45, 2.75) is 37.4 Å². The van der Waals surface area contributed by atoms with E-state index in [2.05, 4.69) is 0 Å². The topological polar surface area (TPSA) is 38.7 Å². The van der Waals surface area contributed by atoms with E-state index in [1.165, 1.54) is 0 Å². The average molecular weight is 297 g/mol. The number of ether oxygens (including phenoxy) is 2. The van der Waals surface area contributed by atoms with Gasteiger partial charge in [0.2, 0.25) is 0 Å². The second kappa shape index (κ2) is 6.02. The van der Waals surface area contributed by atoms with Gasteiger partial charge in [-0.15, -0.1) is 0 Å². The Kier molecular flexibility index (Phi) is 4.32. The molecular weight excluding hydrogens is 276 g/mol. The van der Waals surface area contributed by atoms with Crippen LogP contribution in [0.4, 0.5) is 0 Å². The molecule has 0 radical (unpaired) electrons. The highest BCUT2D eigenvalue weighted by molar-refractivity contribution is 6.30. The third-order valence-electron chi connectivity index (χ3n) is 4.57. The van der Waals surface area contributed by atoms with Crippen molar-refractivity contribution < 1.29 is 14.6 Å². The molecular formula is C16H21ClO3. The molecule has 2 unspecified atom stereocenters. The molecule has 2 aliphatic rings. The van der Waals surface area contributed by atoms with Gasteiger partial charge in [0.1, 0.15) is 0 Å². The normalized spacial score (nSPS) is 27.4. The van der Waals surface area contributed by atoms with Crippen LogP contribution in [0.2, 0.25) is 5.02 Å². The monoisotopic (exact) mass is 296 g/mol. The Morgan fingerprint density at radius 1 is 1.25 bits per heavy atom. The van der Waals surface area contributed by atoms with Gasteiger partial charge in [-0.1, -0.05) is 23.7 Å². The lowest BCUT2D eigenvalue weighted by Crippen LogP contribution is -2.45. The molecule has 0 aliphatic carbocycles. The Balaban J connectivity index is 1.73. The molecule has 0 bridgehead atoms. The fourth-order valence-electron chi connectivity index (χ4n) is 3.39. The molecule has 0 amide bonds. The largest absolute Gasteiger partial charge is 0.388 e. The van der Waals surface area contributed by atoms with Gasteiger partial charge in [0.05, 0.1) is 11.7 Å². The SMILES string of the molecule is OC(c1cccc(Cl)c1)C1CCOC2(CCOCC2)C1. The number of rotatable bonds is 2. The number of hydrogen-bond acceptors (Lipinski definition) is 3. The fraction of sp³-hybridized carbons (Fsp3) is 0.625. The summed E-state index contributed by atoms with van der Waals surface area (Å²) in [4.78, 5) is 0. The summed E-state index contributed by atoms with van der Waals surface area (Å²) in [6, 6.07) is 7.53. The smallest absolute Gasteiger partial charge is 0.0820 e. The number of aliphatic hydroxyl groups excluding tert-OH is 1. The van der Waals surface area contributed by atoms with Crippen molar-refractivity contribution in [1.82, 2.24) is 0 Å². The van der Waals surface area contributed by atoms with E-state index in [0.29, 0.717) is 5.02 Å². The molecule has 1 aromatic carbocycles. The van der Waals surface area contributed by atoms with Crippen LogP contribution >= 0.6 is 11.6 Å². The van der Waals surface area contributed by atoms with E-state index in [0.717, 1.165) is 51.1 Å². The summed E-state index contributed by atoms with van der Waals surface area (Å²) < 4.78 is 11.5. The summed E-state index contributed by atoms with van der Waals surface area (Å²) in [5.74, 6) is 0.236. The van der Waals surface area contributed by atoms with Gasteiger partial charge in [-0.05, 0) is 49.3 Å². The lowest BCUT2D eigenvalue weighted by atomic mass is 9.77. The van der Waals surface area contributed by atoms with Crippen molar-refractivity contribution in [1.29, 1.82) is 0 Å². The molecule has 0 aromatic heterocycles. The van der Waals surface area contributed by atoms with Gasteiger partial charge >= 0.3 is 0 Å². The standard InChI is InChI=1S/C16H21ClO3/c17-14-3-1-2-12(10-14)15(18)13-4-7-20-16(11-13)5-8-19-9-6-16/h1-3,10,13,15,18H,4-9,11H2. The average Bonchev–Trinajstić information content (AvgIpc) is 2.47. The quantitative estimate of drug-likeness (QED) is 0.909. The highest BCUT2D eigenvalue weighted by Gasteiger charge is 2.41. The van der Waals surface area contributed by atoms with Crippen LogP contribution < -0.4 is 0 Å². The van der Waals surface area contributed by atoms with Crippen molar-refractivity contribution in [3.63, 3.8) is 0 Å². The van der Waals surface area contributed by atoms with Crippen LogP contribution in [0.1, 0.15) is 37.4 Å². The van der Waals surface area contributed by atoms with Crippen molar-refractivity contribution in [2.75, 3.05) is 19.8 Å². The maximum Gasteiger partial charge on any atom is 0.0820 e. The molecule has 1 spiro atoms. The van der Waals surface area contributed by atoms with E-state index in [1.807, 2.05) is 24.3 Å². The summed E-state index contributed by atoms with van der Waals surface area (Å²) in [6.07, 6.45) is 3.22. The maximum absolute atomic E-state index is 10.6. The zero-order valence-corrected chi connectivity index (χ0v) is 12.3. The molecule has 1 aromatic rings.